The molecule has 2 aliphatic rings. The van der Waals surface area contributed by atoms with E-state index in [0.29, 0.717) is 6.54 Å². The minimum absolute atomic E-state index is 0.199. The number of fused-ring (bicyclic) bond motifs is 1. The molecule has 0 amide bonds. The third kappa shape index (κ3) is 5.22. The number of aliphatic imine (C=N–C) groups is 1. The molecule has 0 bridgehead atoms. The van der Waals surface area contributed by atoms with Crippen LogP contribution in [0.25, 0.3) is 0 Å². The van der Waals surface area contributed by atoms with E-state index in [4.69, 9.17) is 9.41 Å². The fraction of sp³-hybridized carbons (Fsp3) is 0.682. The minimum atomic E-state index is 0.199. The number of hydrogen-bond donors (Lipinski definition) is 2. The molecule has 1 fully saturated rings. The van der Waals surface area contributed by atoms with Crippen LogP contribution in [-0.4, -0.2) is 58.3 Å². The number of nitrogens with one attached hydrogen (secondary N) is 2. The predicted octanol–water partition coefficient (Wildman–Crippen LogP) is 2.53. The highest BCUT2D eigenvalue weighted by Crippen LogP contribution is 2.25. The van der Waals surface area contributed by atoms with Gasteiger partial charge in [0.25, 0.3) is 0 Å². The quantitative estimate of drug-likeness (QED) is 0.511. The van der Waals surface area contributed by atoms with Gasteiger partial charge in [-0.3, -0.25) is 9.89 Å². The largest absolute Gasteiger partial charge is 0.468 e. The highest BCUT2D eigenvalue weighted by Gasteiger charge is 2.25. The summed E-state index contributed by atoms with van der Waals surface area (Å²) >= 11 is 0. The molecule has 0 radical (unpaired) electrons. The van der Waals surface area contributed by atoms with Crippen LogP contribution >= 0.6 is 0 Å². The van der Waals surface area contributed by atoms with Gasteiger partial charge in [-0.25, -0.2) is 0 Å². The second-order valence-corrected chi connectivity index (χ2v) is 8.17. The van der Waals surface area contributed by atoms with Crippen molar-refractivity contribution in [3.63, 3.8) is 0 Å². The molecule has 164 valence electrons. The average Bonchev–Trinajstić information content (AvgIpc) is 3.50. The van der Waals surface area contributed by atoms with E-state index in [-0.39, 0.29) is 6.04 Å². The summed E-state index contributed by atoms with van der Waals surface area (Å²) in [7, 11) is 0. The van der Waals surface area contributed by atoms with Crippen LogP contribution in [0.4, 0.5) is 0 Å². The van der Waals surface area contributed by atoms with Crippen LogP contribution in [0.1, 0.15) is 62.5 Å². The SMILES string of the molecule is CCNC(=NCC(c1ccco1)N1CCCC1)NCCc1nnc2n1CCCCC2. The third-order valence-electron chi connectivity index (χ3n) is 6.05. The van der Waals surface area contributed by atoms with Gasteiger partial charge in [0.1, 0.15) is 17.4 Å². The molecule has 1 atom stereocenters. The number of rotatable bonds is 8. The number of hydrogen-bond acceptors (Lipinski definition) is 5. The molecular weight excluding hydrogens is 378 g/mol. The van der Waals surface area contributed by atoms with Gasteiger partial charge >= 0.3 is 0 Å². The highest BCUT2D eigenvalue weighted by atomic mass is 16.3. The molecule has 8 heteroatoms. The van der Waals surface area contributed by atoms with Gasteiger partial charge in [0.15, 0.2) is 5.96 Å². The molecule has 4 rings (SSSR count). The number of likely N-dealkylation sites (tertiary alicyclic amines) is 1. The summed E-state index contributed by atoms with van der Waals surface area (Å²) in [5.74, 6) is 4.09. The molecule has 2 aliphatic heterocycles. The van der Waals surface area contributed by atoms with Crippen molar-refractivity contribution in [2.24, 2.45) is 4.99 Å². The summed E-state index contributed by atoms with van der Waals surface area (Å²) in [6.07, 6.45) is 9.89. The lowest BCUT2D eigenvalue weighted by atomic mass is 10.2. The topological polar surface area (TPSA) is 83.5 Å². The zero-order valence-corrected chi connectivity index (χ0v) is 18.1. The summed E-state index contributed by atoms with van der Waals surface area (Å²) in [6.45, 7) is 7.68. The molecule has 0 saturated carbocycles. The van der Waals surface area contributed by atoms with E-state index in [1.807, 2.05) is 6.07 Å². The molecule has 0 aliphatic carbocycles. The van der Waals surface area contributed by atoms with Gasteiger partial charge in [0.2, 0.25) is 0 Å². The summed E-state index contributed by atoms with van der Waals surface area (Å²) in [5, 5.41) is 15.7. The van der Waals surface area contributed by atoms with E-state index in [9.17, 15) is 0 Å². The molecule has 0 spiro atoms. The van der Waals surface area contributed by atoms with Crippen LogP contribution in [0.3, 0.4) is 0 Å². The van der Waals surface area contributed by atoms with Gasteiger partial charge in [-0.1, -0.05) is 6.42 Å². The van der Waals surface area contributed by atoms with Crippen LogP contribution in [-0.2, 0) is 19.4 Å². The zero-order valence-electron chi connectivity index (χ0n) is 18.1. The number of aromatic nitrogens is 3. The molecule has 1 unspecified atom stereocenters. The van der Waals surface area contributed by atoms with Crippen molar-refractivity contribution >= 4 is 5.96 Å². The van der Waals surface area contributed by atoms with Gasteiger partial charge in [0, 0.05) is 32.5 Å². The Kier molecular flexibility index (Phi) is 7.39. The smallest absolute Gasteiger partial charge is 0.191 e. The van der Waals surface area contributed by atoms with Crippen molar-refractivity contribution in [3.8, 4) is 0 Å². The second kappa shape index (κ2) is 10.6. The summed E-state index contributed by atoms with van der Waals surface area (Å²) in [6, 6.07) is 4.23. The number of aryl methyl sites for hydroxylation is 1. The van der Waals surface area contributed by atoms with E-state index in [2.05, 4.69) is 43.3 Å². The Bertz CT molecular complexity index is 793. The molecule has 2 aromatic heterocycles. The van der Waals surface area contributed by atoms with Gasteiger partial charge < -0.3 is 19.6 Å². The normalized spacial score (nSPS) is 18.8. The van der Waals surface area contributed by atoms with Crippen LogP contribution < -0.4 is 10.6 Å². The molecule has 8 nitrogen and oxygen atoms in total. The maximum Gasteiger partial charge on any atom is 0.191 e. The van der Waals surface area contributed by atoms with Gasteiger partial charge in [0.05, 0.1) is 18.8 Å². The van der Waals surface area contributed by atoms with Crippen LogP contribution in [0, 0.1) is 0 Å². The highest BCUT2D eigenvalue weighted by molar-refractivity contribution is 5.79. The van der Waals surface area contributed by atoms with Crippen molar-refractivity contribution in [2.75, 3.05) is 32.7 Å². The van der Waals surface area contributed by atoms with Crippen molar-refractivity contribution in [3.05, 3.63) is 35.8 Å². The van der Waals surface area contributed by atoms with Crippen molar-refractivity contribution < 1.29 is 4.42 Å². The Balaban J connectivity index is 1.36. The fourth-order valence-electron chi connectivity index (χ4n) is 4.46. The average molecular weight is 414 g/mol. The fourth-order valence-corrected chi connectivity index (χ4v) is 4.46. The zero-order chi connectivity index (χ0) is 20.6. The van der Waals surface area contributed by atoms with Gasteiger partial charge in [-0.15, -0.1) is 10.2 Å². The van der Waals surface area contributed by atoms with Crippen molar-refractivity contribution in [1.82, 2.24) is 30.3 Å². The standard InChI is InChI=1S/C22H35N7O/c1-2-23-22(24-12-11-21-27-26-20-10-4-3-5-15-29(20)21)25-17-18(19-9-8-16-30-19)28-13-6-7-14-28/h8-9,16,18H,2-7,10-15,17H2,1H3,(H2,23,24,25). The monoisotopic (exact) mass is 413 g/mol. The maximum absolute atomic E-state index is 5.72. The van der Waals surface area contributed by atoms with E-state index in [0.717, 1.165) is 68.9 Å². The number of nitrogens with zero attached hydrogens (tertiary/aromatic N) is 5. The lowest BCUT2D eigenvalue weighted by Crippen LogP contribution is -2.39. The maximum atomic E-state index is 5.72. The molecule has 30 heavy (non-hydrogen) atoms. The van der Waals surface area contributed by atoms with Gasteiger partial charge in [-0.2, -0.15) is 0 Å². The molecule has 2 N–H and O–H groups in total. The molecule has 4 heterocycles. The van der Waals surface area contributed by atoms with Crippen molar-refractivity contribution in [1.29, 1.82) is 0 Å². The first-order chi connectivity index (χ1) is 14.8. The van der Waals surface area contributed by atoms with Crippen LogP contribution in [0.2, 0.25) is 0 Å². The molecule has 2 aromatic rings. The Labute approximate surface area is 179 Å². The first-order valence-electron chi connectivity index (χ1n) is 11.6. The summed E-state index contributed by atoms with van der Waals surface area (Å²) < 4.78 is 8.04. The first kappa shape index (κ1) is 20.9. The predicted molar refractivity (Wildman–Crippen MR) is 118 cm³/mol. The Morgan fingerprint density at radius 1 is 1.13 bits per heavy atom. The lowest BCUT2D eigenvalue weighted by Gasteiger charge is -2.24. The van der Waals surface area contributed by atoms with Crippen molar-refractivity contribution in [2.45, 2.75) is 64.5 Å². The van der Waals surface area contributed by atoms with Crippen LogP contribution in [0.15, 0.2) is 27.8 Å². The minimum Gasteiger partial charge on any atom is -0.468 e. The summed E-state index contributed by atoms with van der Waals surface area (Å²) in [5.41, 5.74) is 0. The molecule has 1 saturated heterocycles. The Morgan fingerprint density at radius 3 is 2.80 bits per heavy atom. The molecule has 0 aromatic carbocycles. The van der Waals surface area contributed by atoms with E-state index < -0.39 is 0 Å². The van der Waals surface area contributed by atoms with Crippen LogP contribution in [0.5, 0.6) is 0 Å². The molecular formula is C22H35N7O. The first-order valence-corrected chi connectivity index (χ1v) is 11.6. The Morgan fingerprint density at radius 2 is 2.00 bits per heavy atom. The number of furan rings is 1. The second-order valence-electron chi connectivity index (χ2n) is 8.17. The third-order valence-corrected chi connectivity index (χ3v) is 6.05. The summed E-state index contributed by atoms with van der Waals surface area (Å²) in [4.78, 5) is 7.37. The Hall–Kier alpha value is -2.35. The lowest BCUT2D eigenvalue weighted by molar-refractivity contribution is 0.221. The van der Waals surface area contributed by atoms with Gasteiger partial charge in [-0.05, 0) is 57.8 Å². The van der Waals surface area contributed by atoms with E-state index in [1.165, 1.54) is 32.1 Å². The van der Waals surface area contributed by atoms with E-state index >= 15 is 0 Å². The number of guanidine groups is 1. The van der Waals surface area contributed by atoms with E-state index in [1.54, 1.807) is 6.26 Å².